The van der Waals surface area contributed by atoms with Gasteiger partial charge in [0.1, 0.15) is 11.6 Å². The number of rotatable bonds is 5. The second-order valence-electron chi connectivity index (χ2n) is 7.52. The molecule has 1 aliphatic carbocycles. The van der Waals surface area contributed by atoms with Crippen LogP contribution in [0.4, 0.5) is 10.2 Å². The zero-order valence-corrected chi connectivity index (χ0v) is 16.5. The molecule has 5 rings (SSSR count). The minimum Gasteiger partial charge on any atom is -0.367 e. The highest BCUT2D eigenvalue weighted by Gasteiger charge is 2.25. The molecule has 3 heterocycles. The van der Waals surface area contributed by atoms with Crippen molar-refractivity contribution in [1.82, 2.24) is 19.9 Å². The number of anilines is 1. The lowest BCUT2D eigenvalue weighted by molar-refractivity contribution is -0.124. The molecular formula is C21H17ClFN5O2. The second-order valence-corrected chi connectivity index (χ2v) is 7.93. The maximum absolute atomic E-state index is 13.4. The van der Waals surface area contributed by atoms with Crippen LogP contribution in [0.5, 0.6) is 0 Å². The normalized spacial score (nSPS) is 17.7. The number of carbonyl (C=O) groups is 2. The maximum atomic E-state index is 13.4. The molecule has 30 heavy (non-hydrogen) atoms. The largest absolute Gasteiger partial charge is 0.367 e. The van der Waals surface area contributed by atoms with Crippen molar-refractivity contribution in [2.75, 3.05) is 5.32 Å². The molecule has 2 fully saturated rings. The van der Waals surface area contributed by atoms with E-state index in [-0.39, 0.29) is 12.3 Å². The molecule has 0 atom stereocenters. The minimum atomic E-state index is -0.398. The first-order valence-corrected chi connectivity index (χ1v) is 9.97. The van der Waals surface area contributed by atoms with Gasteiger partial charge in [-0.3, -0.25) is 14.9 Å². The smallest absolute Gasteiger partial charge is 0.254 e. The molecule has 2 aromatic heterocycles. The van der Waals surface area contributed by atoms with Crippen molar-refractivity contribution in [2.24, 2.45) is 0 Å². The molecule has 0 spiro atoms. The summed E-state index contributed by atoms with van der Waals surface area (Å²) in [4.78, 5) is 28.1. The van der Waals surface area contributed by atoms with Gasteiger partial charge < -0.3 is 5.32 Å². The highest BCUT2D eigenvalue weighted by molar-refractivity contribution is 6.31. The number of imide groups is 1. The van der Waals surface area contributed by atoms with E-state index in [1.807, 2.05) is 6.07 Å². The van der Waals surface area contributed by atoms with Gasteiger partial charge >= 0.3 is 0 Å². The third-order valence-electron chi connectivity index (χ3n) is 5.09. The van der Waals surface area contributed by atoms with E-state index in [9.17, 15) is 14.0 Å². The molecule has 7 nitrogen and oxygen atoms in total. The summed E-state index contributed by atoms with van der Waals surface area (Å²) in [6, 6.07) is 6.59. The molecule has 3 aromatic rings. The van der Waals surface area contributed by atoms with Crippen molar-refractivity contribution in [3.8, 4) is 0 Å². The molecule has 2 amide bonds. The lowest BCUT2D eigenvalue weighted by Gasteiger charge is -2.11. The third kappa shape index (κ3) is 3.66. The Morgan fingerprint density at radius 1 is 1.30 bits per heavy atom. The minimum absolute atomic E-state index is 0.0359. The van der Waals surface area contributed by atoms with Gasteiger partial charge in [-0.1, -0.05) is 17.7 Å². The number of amides is 2. The predicted octanol–water partition coefficient (Wildman–Crippen LogP) is 3.12. The Bertz CT molecular complexity index is 1230. The molecule has 2 aliphatic rings. The number of carbonyl (C=O) groups excluding carboxylic acids is 2. The monoisotopic (exact) mass is 425 g/mol. The van der Waals surface area contributed by atoms with Crippen LogP contribution in [-0.4, -0.2) is 32.5 Å². The van der Waals surface area contributed by atoms with Crippen LogP contribution in [0.2, 0.25) is 5.02 Å². The van der Waals surface area contributed by atoms with Crippen LogP contribution < -0.4 is 10.6 Å². The van der Waals surface area contributed by atoms with E-state index in [2.05, 4.69) is 15.7 Å². The number of hydrogen-bond donors (Lipinski definition) is 2. The highest BCUT2D eigenvalue weighted by atomic mass is 35.5. The number of halogens is 2. The maximum Gasteiger partial charge on any atom is 0.254 e. The van der Waals surface area contributed by atoms with Crippen LogP contribution >= 0.6 is 11.6 Å². The van der Waals surface area contributed by atoms with Crippen molar-refractivity contribution in [3.63, 3.8) is 0 Å². The SMILES string of the molecule is O=C1C/C(=C\c2cnn3c(NC4CC4)cc(Cc4ccc(F)cc4Cl)nc23)C(=O)N1. The lowest BCUT2D eigenvalue weighted by Crippen LogP contribution is -2.19. The zero-order valence-electron chi connectivity index (χ0n) is 15.8. The molecule has 9 heteroatoms. The van der Waals surface area contributed by atoms with Gasteiger partial charge in [-0.05, 0) is 36.6 Å². The fraction of sp³-hybridized carbons (Fsp3) is 0.238. The molecule has 0 unspecified atom stereocenters. The number of fused-ring (bicyclic) bond motifs is 1. The van der Waals surface area contributed by atoms with E-state index in [1.54, 1.807) is 22.9 Å². The molecule has 1 aliphatic heterocycles. The predicted molar refractivity (Wildman–Crippen MR) is 110 cm³/mol. The van der Waals surface area contributed by atoms with Crippen molar-refractivity contribution in [3.05, 3.63) is 63.7 Å². The highest BCUT2D eigenvalue weighted by Crippen LogP contribution is 2.28. The Balaban J connectivity index is 1.58. The number of nitrogens with zero attached hydrogens (tertiary/aromatic N) is 3. The van der Waals surface area contributed by atoms with Gasteiger partial charge in [0.2, 0.25) is 5.91 Å². The van der Waals surface area contributed by atoms with E-state index in [0.717, 1.165) is 29.9 Å². The molecule has 0 bridgehead atoms. The summed E-state index contributed by atoms with van der Waals surface area (Å²) in [7, 11) is 0. The molecule has 0 radical (unpaired) electrons. The summed E-state index contributed by atoms with van der Waals surface area (Å²) in [6.07, 6.45) is 5.89. The number of aromatic nitrogens is 3. The zero-order chi connectivity index (χ0) is 20.8. The summed E-state index contributed by atoms with van der Waals surface area (Å²) in [5, 5.41) is 10.5. The average molecular weight is 426 g/mol. The fourth-order valence-corrected chi connectivity index (χ4v) is 3.66. The van der Waals surface area contributed by atoms with Crippen molar-refractivity contribution >= 4 is 41.0 Å². The van der Waals surface area contributed by atoms with Crippen LogP contribution in [0, 0.1) is 5.82 Å². The van der Waals surface area contributed by atoms with Gasteiger partial charge in [0, 0.05) is 34.7 Å². The van der Waals surface area contributed by atoms with Crippen LogP contribution in [0.3, 0.4) is 0 Å². The molecular weight excluding hydrogens is 409 g/mol. The molecule has 1 saturated heterocycles. The first-order chi connectivity index (χ1) is 14.5. The van der Waals surface area contributed by atoms with E-state index in [0.29, 0.717) is 34.3 Å². The summed E-state index contributed by atoms with van der Waals surface area (Å²) in [5.74, 6) is -0.326. The van der Waals surface area contributed by atoms with Gasteiger partial charge in [0.05, 0.1) is 18.3 Å². The summed E-state index contributed by atoms with van der Waals surface area (Å²) in [6.45, 7) is 0. The third-order valence-corrected chi connectivity index (χ3v) is 5.45. The number of hydrogen-bond acceptors (Lipinski definition) is 5. The summed E-state index contributed by atoms with van der Waals surface area (Å²) in [5.41, 5.74) is 3.06. The van der Waals surface area contributed by atoms with E-state index in [1.165, 1.54) is 12.1 Å². The standard InChI is InChI=1S/C21H17ClFN5O2/c22-17-8-14(23)2-1-11(17)6-16-9-18(25-15-3-4-15)28-20(26-16)13(10-24-28)5-12-7-19(29)27-21(12)30/h1-2,5,8-10,15,25H,3-4,6-7H2,(H,27,29,30)/b12-5+. The number of nitrogens with one attached hydrogen (secondary N) is 2. The van der Waals surface area contributed by atoms with E-state index in [4.69, 9.17) is 16.6 Å². The van der Waals surface area contributed by atoms with Crippen LogP contribution in [0.15, 0.2) is 36.0 Å². The Morgan fingerprint density at radius 3 is 2.83 bits per heavy atom. The summed E-state index contributed by atoms with van der Waals surface area (Å²) >= 11 is 6.20. The topological polar surface area (TPSA) is 88.4 Å². The van der Waals surface area contributed by atoms with E-state index < -0.39 is 11.7 Å². The van der Waals surface area contributed by atoms with Gasteiger partial charge in [-0.25, -0.2) is 9.37 Å². The Hall–Kier alpha value is -3.26. The first kappa shape index (κ1) is 18.7. The Labute approximate surface area is 175 Å². The van der Waals surface area contributed by atoms with Crippen molar-refractivity contribution in [2.45, 2.75) is 31.7 Å². The average Bonchev–Trinajstić information content (AvgIpc) is 3.33. The van der Waals surface area contributed by atoms with Gasteiger partial charge in [-0.15, -0.1) is 0 Å². The van der Waals surface area contributed by atoms with Gasteiger partial charge in [0.15, 0.2) is 5.65 Å². The van der Waals surface area contributed by atoms with Crippen molar-refractivity contribution < 1.29 is 14.0 Å². The quantitative estimate of drug-likeness (QED) is 0.484. The van der Waals surface area contributed by atoms with Crippen LogP contribution in [-0.2, 0) is 16.0 Å². The van der Waals surface area contributed by atoms with Crippen LogP contribution in [0.25, 0.3) is 11.7 Å². The van der Waals surface area contributed by atoms with Crippen LogP contribution in [0.1, 0.15) is 36.1 Å². The molecule has 1 aromatic carbocycles. The molecule has 152 valence electrons. The second kappa shape index (κ2) is 7.21. The van der Waals surface area contributed by atoms with Gasteiger partial charge in [-0.2, -0.15) is 9.61 Å². The molecule has 1 saturated carbocycles. The van der Waals surface area contributed by atoms with Gasteiger partial charge in [0.25, 0.3) is 5.91 Å². The Morgan fingerprint density at radius 2 is 2.13 bits per heavy atom. The molecule has 2 N–H and O–H groups in total. The summed E-state index contributed by atoms with van der Waals surface area (Å²) < 4.78 is 15.1. The fourth-order valence-electron chi connectivity index (χ4n) is 3.43. The Kier molecular flexibility index (Phi) is 4.51. The lowest BCUT2D eigenvalue weighted by atomic mass is 10.1. The van der Waals surface area contributed by atoms with E-state index >= 15 is 0 Å². The number of benzene rings is 1. The first-order valence-electron chi connectivity index (χ1n) is 9.59. The van der Waals surface area contributed by atoms with Crippen molar-refractivity contribution in [1.29, 1.82) is 0 Å².